The van der Waals surface area contributed by atoms with Gasteiger partial charge in [0.05, 0.1) is 11.1 Å². The second-order valence-electron chi connectivity index (χ2n) is 4.30. The third kappa shape index (κ3) is 1.85. The number of carbonyl (C=O) groups is 3. The van der Waals surface area contributed by atoms with E-state index in [9.17, 15) is 14.4 Å². The summed E-state index contributed by atoms with van der Waals surface area (Å²) in [6, 6.07) is 14.9. The van der Waals surface area contributed by atoms with Crippen molar-refractivity contribution in [3.63, 3.8) is 0 Å². The van der Waals surface area contributed by atoms with Gasteiger partial charge in [0.25, 0.3) is 17.7 Å². The Kier molecular flexibility index (Phi) is 2.80. The Bertz CT molecular complexity index is 675. The molecule has 0 aromatic heterocycles. The third-order valence-electron chi connectivity index (χ3n) is 3.04. The van der Waals surface area contributed by atoms with Gasteiger partial charge >= 0.3 is 0 Å². The molecule has 0 radical (unpaired) electrons. The minimum absolute atomic E-state index is 0.297. The van der Waals surface area contributed by atoms with E-state index in [4.69, 9.17) is 0 Å². The molecule has 1 aliphatic heterocycles. The van der Waals surface area contributed by atoms with Gasteiger partial charge in [0.2, 0.25) is 0 Å². The number of nitrogens with zero attached hydrogens (tertiary/aromatic N) is 1. The summed E-state index contributed by atoms with van der Waals surface area (Å²) in [5, 5.41) is 0.750. The van der Waals surface area contributed by atoms with Crippen molar-refractivity contribution in [3.05, 3.63) is 71.3 Å². The summed E-state index contributed by atoms with van der Waals surface area (Å²) in [6.07, 6.45) is 0. The van der Waals surface area contributed by atoms with E-state index >= 15 is 0 Å². The van der Waals surface area contributed by atoms with E-state index < -0.39 is 17.7 Å². The molecule has 0 fully saturated rings. The van der Waals surface area contributed by atoms with E-state index in [-0.39, 0.29) is 0 Å². The zero-order valence-corrected chi connectivity index (χ0v) is 10.4. The maximum atomic E-state index is 12.1. The van der Waals surface area contributed by atoms with Crippen LogP contribution < -0.4 is 5.43 Å². The van der Waals surface area contributed by atoms with Crippen LogP contribution in [0.15, 0.2) is 54.6 Å². The Labute approximate surface area is 114 Å². The number of hydrazine groups is 1. The lowest BCUT2D eigenvalue weighted by atomic mass is 10.1. The highest BCUT2D eigenvalue weighted by Crippen LogP contribution is 2.20. The molecule has 0 aliphatic carbocycles. The van der Waals surface area contributed by atoms with E-state index in [1.807, 2.05) is 0 Å². The summed E-state index contributed by atoms with van der Waals surface area (Å²) in [7, 11) is 0. The van der Waals surface area contributed by atoms with Crippen molar-refractivity contribution in [1.29, 1.82) is 0 Å². The number of fused-ring (bicyclic) bond motifs is 1. The zero-order valence-electron chi connectivity index (χ0n) is 10.4. The molecule has 0 saturated heterocycles. The molecule has 20 heavy (non-hydrogen) atoms. The Morgan fingerprint density at radius 2 is 1.30 bits per heavy atom. The van der Waals surface area contributed by atoms with Crippen LogP contribution in [0, 0.1) is 0 Å². The number of rotatable bonds is 2. The summed E-state index contributed by atoms with van der Waals surface area (Å²) < 4.78 is 0. The van der Waals surface area contributed by atoms with Crippen LogP contribution in [-0.2, 0) is 0 Å². The van der Waals surface area contributed by atoms with Crippen LogP contribution in [0.1, 0.15) is 31.1 Å². The van der Waals surface area contributed by atoms with Crippen LogP contribution in [-0.4, -0.2) is 22.7 Å². The van der Waals surface area contributed by atoms with Gasteiger partial charge in [-0.25, -0.2) is 0 Å². The van der Waals surface area contributed by atoms with Crippen molar-refractivity contribution in [2.75, 3.05) is 0 Å². The van der Waals surface area contributed by atoms with Crippen molar-refractivity contribution in [2.24, 2.45) is 0 Å². The summed E-state index contributed by atoms with van der Waals surface area (Å²) in [5.41, 5.74) is 3.31. The van der Waals surface area contributed by atoms with Crippen LogP contribution in [0.25, 0.3) is 0 Å². The largest absolute Gasteiger partial charge is 0.280 e. The smallest absolute Gasteiger partial charge is 0.267 e. The van der Waals surface area contributed by atoms with Gasteiger partial charge in [-0.3, -0.25) is 19.8 Å². The molecule has 5 heteroatoms. The lowest BCUT2D eigenvalue weighted by Gasteiger charge is -2.14. The first-order valence-corrected chi connectivity index (χ1v) is 6.02. The number of hydrogen-bond acceptors (Lipinski definition) is 3. The molecule has 98 valence electrons. The van der Waals surface area contributed by atoms with Crippen LogP contribution in [0.4, 0.5) is 0 Å². The highest BCUT2D eigenvalue weighted by atomic mass is 16.2. The van der Waals surface area contributed by atoms with E-state index in [0.29, 0.717) is 16.7 Å². The average molecular weight is 266 g/mol. The Balaban J connectivity index is 1.86. The Morgan fingerprint density at radius 1 is 0.800 bits per heavy atom. The van der Waals surface area contributed by atoms with Crippen molar-refractivity contribution in [3.8, 4) is 0 Å². The molecule has 0 unspecified atom stereocenters. The molecule has 0 bridgehead atoms. The molecule has 1 heterocycles. The van der Waals surface area contributed by atoms with Crippen molar-refractivity contribution >= 4 is 17.7 Å². The summed E-state index contributed by atoms with van der Waals surface area (Å²) in [4.78, 5) is 36.1. The molecule has 1 aliphatic rings. The minimum Gasteiger partial charge on any atom is -0.267 e. The quantitative estimate of drug-likeness (QED) is 0.840. The second kappa shape index (κ2) is 4.62. The molecule has 0 saturated carbocycles. The lowest BCUT2D eigenvalue weighted by Crippen LogP contribution is -2.45. The van der Waals surface area contributed by atoms with Gasteiger partial charge in [-0.2, -0.15) is 5.01 Å². The first-order chi connectivity index (χ1) is 9.68. The number of nitrogens with one attached hydrogen (secondary N) is 1. The standard InChI is InChI=1S/C15H10N2O3/c18-13(10-6-2-1-3-7-10)16-17-14(19)11-8-4-5-9-12(11)15(17)20/h1-9H,(H,16,18). The molecular formula is C15H10N2O3. The van der Waals surface area contributed by atoms with Gasteiger partial charge in [-0.1, -0.05) is 30.3 Å². The number of benzene rings is 2. The molecule has 2 aromatic carbocycles. The number of amides is 3. The normalized spacial score (nSPS) is 13.3. The monoisotopic (exact) mass is 266 g/mol. The van der Waals surface area contributed by atoms with E-state index in [1.165, 1.54) is 0 Å². The predicted octanol–water partition coefficient (Wildman–Crippen LogP) is 1.63. The van der Waals surface area contributed by atoms with Crippen LogP contribution in [0.5, 0.6) is 0 Å². The van der Waals surface area contributed by atoms with Gasteiger partial charge in [-0.15, -0.1) is 0 Å². The molecule has 5 nitrogen and oxygen atoms in total. The van der Waals surface area contributed by atoms with E-state index in [0.717, 1.165) is 5.01 Å². The maximum Gasteiger partial charge on any atom is 0.280 e. The zero-order chi connectivity index (χ0) is 14.1. The predicted molar refractivity (Wildman–Crippen MR) is 70.9 cm³/mol. The highest BCUT2D eigenvalue weighted by molar-refractivity contribution is 6.22. The minimum atomic E-state index is -0.519. The fourth-order valence-electron chi connectivity index (χ4n) is 2.05. The fourth-order valence-corrected chi connectivity index (χ4v) is 2.05. The van der Waals surface area contributed by atoms with Gasteiger partial charge in [-0.05, 0) is 24.3 Å². The molecule has 3 amide bonds. The topological polar surface area (TPSA) is 66.5 Å². The van der Waals surface area contributed by atoms with Gasteiger partial charge in [0.15, 0.2) is 0 Å². The molecule has 0 atom stereocenters. The lowest BCUT2D eigenvalue weighted by molar-refractivity contribution is 0.0518. The Hall–Kier alpha value is -2.95. The van der Waals surface area contributed by atoms with Crippen molar-refractivity contribution < 1.29 is 14.4 Å². The van der Waals surface area contributed by atoms with Crippen LogP contribution >= 0.6 is 0 Å². The molecule has 1 N–H and O–H groups in total. The van der Waals surface area contributed by atoms with E-state index in [1.54, 1.807) is 54.6 Å². The highest BCUT2D eigenvalue weighted by Gasteiger charge is 2.36. The van der Waals surface area contributed by atoms with Gasteiger partial charge in [0.1, 0.15) is 0 Å². The second-order valence-corrected chi connectivity index (χ2v) is 4.30. The van der Waals surface area contributed by atoms with Crippen molar-refractivity contribution in [2.45, 2.75) is 0 Å². The molecule has 0 spiro atoms. The van der Waals surface area contributed by atoms with Crippen LogP contribution in [0.3, 0.4) is 0 Å². The molecule has 3 rings (SSSR count). The van der Waals surface area contributed by atoms with E-state index in [2.05, 4.69) is 5.43 Å². The summed E-state index contributed by atoms with van der Waals surface area (Å²) >= 11 is 0. The van der Waals surface area contributed by atoms with Gasteiger partial charge in [0, 0.05) is 5.56 Å². The third-order valence-corrected chi connectivity index (χ3v) is 3.04. The maximum absolute atomic E-state index is 12.1. The number of imide groups is 1. The molecular weight excluding hydrogens is 256 g/mol. The number of hydrogen-bond donors (Lipinski definition) is 1. The fraction of sp³-hybridized carbons (Fsp3) is 0. The SMILES string of the molecule is O=C(NN1C(=O)c2ccccc2C1=O)c1ccccc1. The number of carbonyl (C=O) groups excluding carboxylic acids is 3. The first kappa shape index (κ1) is 12.1. The summed E-state index contributed by atoms with van der Waals surface area (Å²) in [5.74, 6) is -1.54. The first-order valence-electron chi connectivity index (χ1n) is 6.02. The van der Waals surface area contributed by atoms with Crippen molar-refractivity contribution in [1.82, 2.24) is 10.4 Å². The Morgan fingerprint density at radius 3 is 1.85 bits per heavy atom. The summed E-state index contributed by atoms with van der Waals surface area (Å²) in [6.45, 7) is 0. The average Bonchev–Trinajstić information content (AvgIpc) is 2.74. The van der Waals surface area contributed by atoms with Crippen LogP contribution in [0.2, 0.25) is 0 Å². The van der Waals surface area contributed by atoms with Gasteiger partial charge < -0.3 is 0 Å². The molecule has 2 aromatic rings.